The molecule has 3 N–H and O–H groups in total. The standard InChI is InChI=1S/C14H10Cl3N3.ClH/c15-9-3-1-8(2-4-9)11(7-18)14-12(16)5-10(20-19)6-13(14)17;/h1-6,11,20H,19H2;1H. The maximum absolute atomic E-state index is 9.44. The molecule has 21 heavy (non-hydrogen) atoms. The summed E-state index contributed by atoms with van der Waals surface area (Å²) in [5, 5.41) is 10.8. The van der Waals surface area contributed by atoms with Crippen LogP contribution in [0.3, 0.4) is 0 Å². The van der Waals surface area contributed by atoms with Crippen LogP contribution in [0.15, 0.2) is 36.4 Å². The number of nitrogen functional groups attached to an aromatic ring is 1. The predicted molar refractivity (Wildman–Crippen MR) is 90.4 cm³/mol. The molecule has 3 nitrogen and oxygen atoms in total. The van der Waals surface area contributed by atoms with Crippen molar-refractivity contribution in [2.75, 3.05) is 5.43 Å². The van der Waals surface area contributed by atoms with Crippen molar-refractivity contribution in [2.24, 2.45) is 5.84 Å². The maximum Gasteiger partial charge on any atom is 0.0991 e. The van der Waals surface area contributed by atoms with Gasteiger partial charge in [0.1, 0.15) is 0 Å². The summed E-state index contributed by atoms with van der Waals surface area (Å²) < 4.78 is 0. The summed E-state index contributed by atoms with van der Waals surface area (Å²) in [5.41, 5.74) is 4.38. The summed E-state index contributed by atoms with van der Waals surface area (Å²) in [6.45, 7) is 0. The van der Waals surface area contributed by atoms with Gasteiger partial charge in [-0.1, -0.05) is 46.9 Å². The fraction of sp³-hybridized carbons (Fsp3) is 0.0714. The Labute approximate surface area is 144 Å². The fourth-order valence-electron chi connectivity index (χ4n) is 1.90. The van der Waals surface area contributed by atoms with E-state index in [2.05, 4.69) is 11.5 Å². The number of nitrogens with zero attached hydrogens (tertiary/aromatic N) is 1. The molecule has 0 fully saturated rings. The number of hydrogen-bond donors (Lipinski definition) is 2. The zero-order valence-corrected chi connectivity index (χ0v) is 13.7. The van der Waals surface area contributed by atoms with E-state index in [1.165, 1.54) is 0 Å². The third kappa shape index (κ3) is 3.94. The number of nitrogens with two attached hydrogens (primary N) is 1. The number of anilines is 1. The average molecular weight is 363 g/mol. The molecule has 7 heteroatoms. The molecule has 0 amide bonds. The molecule has 110 valence electrons. The van der Waals surface area contributed by atoms with E-state index in [9.17, 15) is 5.26 Å². The van der Waals surface area contributed by atoms with Crippen molar-refractivity contribution in [3.05, 3.63) is 62.6 Å². The second kappa shape index (κ2) is 7.74. The van der Waals surface area contributed by atoms with Crippen LogP contribution in [-0.4, -0.2) is 0 Å². The Morgan fingerprint density at radius 1 is 1.05 bits per heavy atom. The number of benzene rings is 2. The third-order valence-corrected chi connectivity index (χ3v) is 3.74. The quantitative estimate of drug-likeness (QED) is 0.595. The minimum Gasteiger partial charge on any atom is -0.324 e. The van der Waals surface area contributed by atoms with Crippen LogP contribution in [-0.2, 0) is 0 Å². The van der Waals surface area contributed by atoms with Crippen LogP contribution in [0.25, 0.3) is 0 Å². The van der Waals surface area contributed by atoms with Crippen molar-refractivity contribution in [2.45, 2.75) is 5.92 Å². The molecule has 1 atom stereocenters. The molecule has 0 heterocycles. The van der Waals surface area contributed by atoms with Gasteiger partial charge >= 0.3 is 0 Å². The van der Waals surface area contributed by atoms with E-state index in [0.717, 1.165) is 5.56 Å². The number of nitriles is 1. The lowest BCUT2D eigenvalue weighted by Gasteiger charge is -2.15. The highest BCUT2D eigenvalue weighted by molar-refractivity contribution is 6.36. The minimum absolute atomic E-state index is 0. The lowest BCUT2D eigenvalue weighted by molar-refractivity contribution is 1.04. The molecule has 2 aromatic carbocycles. The highest BCUT2D eigenvalue weighted by Gasteiger charge is 2.20. The van der Waals surface area contributed by atoms with Gasteiger partial charge in [0.25, 0.3) is 0 Å². The summed E-state index contributed by atoms with van der Waals surface area (Å²) in [6, 6.07) is 12.5. The van der Waals surface area contributed by atoms with Crippen molar-refractivity contribution in [1.82, 2.24) is 0 Å². The summed E-state index contributed by atoms with van der Waals surface area (Å²) in [4.78, 5) is 0. The second-order valence-corrected chi connectivity index (χ2v) is 5.36. The van der Waals surface area contributed by atoms with Gasteiger partial charge in [-0.3, -0.25) is 5.84 Å². The SMILES string of the molecule is Cl.N#CC(c1ccc(Cl)cc1)c1c(Cl)cc(NN)cc1Cl. The van der Waals surface area contributed by atoms with Gasteiger partial charge < -0.3 is 5.43 Å². The first-order valence-corrected chi connectivity index (χ1v) is 6.81. The first-order valence-electron chi connectivity index (χ1n) is 5.67. The van der Waals surface area contributed by atoms with Crippen molar-refractivity contribution in [3.63, 3.8) is 0 Å². The Hall–Kier alpha value is -1.15. The molecular weight excluding hydrogens is 352 g/mol. The van der Waals surface area contributed by atoms with Crippen molar-refractivity contribution in [1.29, 1.82) is 5.26 Å². The van der Waals surface area contributed by atoms with E-state index < -0.39 is 5.92 Å². The lowest BCUT2D eigenvalue weighted by atomic mass is 9.92. The molecular formula is C14H11Cl4N3. The van der Waals surface area contributed by atoms with Gasteiger partial charge in [0.05, 0.1) is 17.7 Å². The van der Waals surface area contributed by atoms with E-state index in [1.807, 2.05) is 0 Å². The molecule has 0 aliphatic rings. The minimum atomic E-state index is -0.570. The molecule has 1 unspecified atom stereocenters. The van der Waals surface area contributed by atoms with Crippen LogP contribution < -0.4 is 11.3 Å². The van der Waals surface area contributed by atoms with Gasteiger partial charge in [-0.15, -0.1) is 12.4 Å². The van der Waals surface area contributed by atoms with Gasteiger partial charge in [0, 0.05) is 20.6 Å². The summed E-state index contributed by atoms with van der Waals surface area (Å²) in [6.07, 6.45) is 0. The van der Waals surface area contributed by atoms with Crippen LogP contribution >= 0.6 is 47.2 Å². The van der Waals surface area contributed by atoms with Crippen LogP contribution in [0.5, 0.6) is 0 Å². The number of nitrogens with one attached hydrogen (secondary N) is 1. The number of hydrogen-bond acceptors (Lipinski definition) is 3. The van der Waals surface area contributed by atoms with Crippen molar-refractivity contribution >= 4 is 52.9 Å². The Kier molecular flexibility index (Phi) is 6.60. The number of rotatable bonds is 3. The van der Waals surface area contributed by atoms with Gasteiger partial charge in [0.2, 0.25) is 0 Å². The van der Waals surface area contributed by atoms with Crippen LogP contribution in [0.1, 0.15) is 17.0 Å². The third-order valence-electron chi connectivity index (χ3n) is 2.87. The van der Waals surface area contributed by atoms with E-state index >= 15 is 0 Å². The van der Waals surface area contributed by atoms with Gasteiger partial charge in [0.15, 0.2) is 0 Å². The van der Waals surface area contributed by atoms with Crippen LogP contribution in [0.4, 0.5) is 5.69 Å². The van der Waals surface area contributed by atoms with Crippen LogP contribution in [0.2, 0.25) is 15.1 Å². The lowest BCUT2D eigenvalue weighted by Crippen LogP contribution is -2.08. The van der Waals surface area contributed by atoms with Crippen molar-refractivity contribution in [3.8, 4) is 6.07 Å². The summed E-state index contributed by atoms with van der Waals surface area (Å²) >= 11 is 18.3. The fourth-order valence-corrected chi connectivity index (χ4v) is 2.74. The van der Waals surface area contributed by atoms with Crippen LogP contribution in [0, 0.1) is 11.3 Å². The molecule has 0 radical (unpaired) electrons. The number of halogens is 4. The average Bonchev–Trinajstić information content (AvgIpc) is 2.43. The summed E-state index contributed by atoms with van der Waals surface area (Å²) in [5.74, 6) is 4.76. The topological polar surface area (TPSA) is 61.8 Å². The normalized spacial score (nSPS) is 11.2. The monoisotopic (exact) mass is 361 g/mol. The Balaban J connectivity index is 0.00000220. The van der Waals surface area contributed by atoms with E-state index in [1.54, 1.807) is 36.4 Å². The Morgan fingerprint density at radius 3 is 2.00 bits per heavy atom. The molecule has 0 spiro atoms. The van der Waals surface area contributed by atoms with Gasteiger partial charge in [-0.2, -0.15) is 5.26 Å². The molecule has 0 saturated carbocycles. The Morgan fingerprint density at radius 2 is 1.57 bits per heavy atom. The van der Waals surface area contributed by atoms with E-state index in [-0.39, 0.29) is 12.4 Å². The highest BCUT2D eigenvalue weighted by atomic mass is 35.5. The largest absolute Gasteiger partial charge is 0.324 e. The molecule has 0 aliphatic carbocycles. The molecule has 0 bridgehead atoms. The number of hydrazine groups is 1. The highest BCUT2D eigenvalue weighted by Crippen LogP contribution is 2.37. The van der Waals surface area contributed by atoms with Gasteiger partial charge in [-0.25, -0.2) is 0 Å². The molecule has 2 aromatic rings. The molecule has 0 aliphatic heterocycles. The smallest absolute Gasteiger partial charge is 0.0991 e. The second-order valence-electron chi connectivity index (χ2n) is 4.11. The molecule has 0 aromatic heterocycles. The maximum atomic E-state index is 9.44. The van der Waals surface area contributed by atoms with Gasteiger partial charge in [-0.05, 0) is 29.8 Å². The summed E-state index contributed by atoms with van der Waals surface area (Å²) in [7, 11) is 0. The predicted octanol–water partition coefficient (Wildman–Crippen LogP) is 5.01. The van der Waals surface area contributed by atoms with E-state index in [4.69, 9.17) is 40.6 Å². The first-order chi connectivity index (χ1) is 9.56. The molecule has 0 saturated heterocycles. The molecule has 2 rings (SSSR count). The van der Waals surface area contributed by atoms with Crippen molar-refractivity contribution < 1.29 is 0 Å². The zero-order valence-electron chi connectivity index (χ0n) is 10.6. The Bertz CT molecular complexity index is 642. The first kappa shape index (κ1) is 17.9. The zero-order chi connectivity index (χ0) is 14.7. The van der Waals surface area contributed by atoms with E-state index in [0.29, 0.717) is 26.3 Å².